The Morgan fingerprint density at radius 1 is 1.19 bits per heavy atom. The summed E-state index contributed by atoms with van der Waals surface area (Å²) in [6.07, 6.45) is 4.44. The van der Waals surface area contributed by atoms with Crippen molar-refractivity contribution in [2.24, 2.45) is 0 Å². The third kappa shape index (κ3) is 3.74. The highest BCUT2D eigenvalue weighted by molar-refractivity contribution is 6.21. The van der Waals surface area contributed by atoms with Crippen molar-refractivity contribution in [3.05, 3.63) is 17.7 Å². The predicted molar refractivity (Wildman–Crippen MR) is 82.9 cm³/mol. The Hall–Kier alpha value is -1.13. The van der Waals surface area contributed by atoms with E-state index in [-0.39, 0.29) is 5.38 Å². The Kier molecular flexibility index (Phi) is 6.00. The Morgan fingerprint density at radius 3 is 2.52 bits per heavy atom. The van der Waals surface area contributed by atoms with Crippen LogP contribution in [-0.4, -0.2) is 34.0 Å². The maximum Gasteiger partial charge on any atom is 0.203 e. The molecule has 0 aliphatic carbocycles. The molecule has 2 unspecified atom stereocenters. The smallest absolute Gasteiger partial charge is 0.203 e. The van der Waals surface area contributed by atoms with Crippen molar-refractivity contribution >= 4 is 11.6 Å². The second kappa shape index (κ2) is 7.76. The first kappa shape index (κ1) is 16.2. The van der Waals surface area contributed by atoms with Gasteiger partial charge in [0.2, 0.25) is 5.75 Å². The van der Waals surface area contributed by atoms with Crippen LogP contribution in [0, 0.1) is 0 Å². The van der Waals surface area contributed by atoms with E-state index in [2.05, 4.69) is 0 Å². The number of benzene rings is 1. The van der Waals surface area contributed by atoms with Crippen LogP contribution in [0.3, 0.4) is 0 Å². The average molecular weight is 315 g/mol. The van der Waals surface area contributed by atoms with Gasteiger partial charge < -0.3 is 18.9 Å². The zero-order valence-electron chi connectivity index (χ0n) is 12.9. The van der Waals surface area contributed by atoms with Gasteiger partial charge in [-0.2, -0.15) is 0 Å². The molecule has 0 bridgehead atoms. The van der Waals surface area contributed by atoms with Crippen LogP contribution in [0.2, 0.25) is 0 Å². The molecule has 0 radical (unpaired) electrons. The van der Waals surface area contributed by atoms with Gasteiger partial charge in [0.25, 0.3) is 0 Å². The summed E-state index contributed by atoms with van der Waals surface area (Å²) < 4.78 is 21.8. The molecule has 0 amide bonds. The van der Waals surface area contributed by atoms with Crippen LogP contribution in [0.4, 0.5) is 0 Å². The lowest BCUT2D eigenvalue weighted by atomic mass is 10.0. The molecule has 0 N–H and O–H groups in total. The molecule has 0 saturated carbocycles. The van der Waals surface area contributed by atoms with Crippen LogP contribution in [0.25, 0.3) is 0 Å². The van der Waals surface area contributed by atoms with Gasteiger partial charge in [0, 0.05) is 12.2 Å². The van der Waals surface area contributed by atoms with Crippen molar-refractivity contribution < 1.29 is 18.9 Å². The molecule has 1 aromatic carbocycles. The molecule has 4 nitrogen and oxygen atoms in total. The maximum atomic E-state index is 6.56. The van der Waals surface area contributed by atoms with Gasteiger partial charge in [0.05, 0.1) is 32.8 Å². The lowest BCUT2D eigenvalue weighted by Gasteiger charge is -2.19. The molecule has 0 spiro atoms. The lowest BCUT2D eigenvalue weighted by molar-refractivity contribution is 0.102. The molecule has 21 heavy (non-hydrogen) atoms. The standard InChI is InChI=1S/C16H23ClO4/c1-18-14-9-7-12(15(19-2)16(14)20-3)13(17)8-6-11-5-4-10-21-11/h7,9,11,13H,4-6,8,10H2,1-3H3. The third-order valence-electron chi connectivity index (χ3n) is 3.84. The molecule has 1 heterocycles. The zero-order chi connectivity index (χ0) is 15.2. The van der Waals surface area contributed by atoms with E-state index >= 15 is 0 Å². The molecule has 1 aromatic rings. The molecular weight excluding hydrogens is 292 g/mol. The van der Waals surface area contributed by atoms with Crippen molar-refractivity contribution in [2.75, 3.05) is 27.9 Å². The Bertz CT molecular complexity index is 458. The fourth-order valence-corrected chi connectivity index (χ4v) is 3.03. The van der Waals surface area contributed by atoms with Crippen molar-refractivity contribution in [2.45, 2.75) is 37.2 Å². The van der Waals surface area contributed by atoms with Crippen LogP contribution >= 0.6 is 11.6 Å². The topological polar surface area (TPSA) is 36.9 Å². The van der Waals surface area contributed by atoms with Crippen LogP contribution in [0.5, 0.6) is 17.2 Å². The van der Waals surface area contributed by atoms with E-state index in [1.54, 1.807) is 21.3 Å². The number of ether oxygens (including phenoxy) is 4. The Morgan fingerprint density at radius 2 is 1.95 bits per heavy atom. The SMILES string of the molecule is COc1ccc(C(Cl)CCC2CCCO2)c(OC)c1OC. The first-order chi connectivity index (χ1) is 10.2. The molecule has 118 valence electrons. The lowest BCUT2D eigenvalue weighted by Crippen LogP contribution is -2.07. The summed E-state index contributed by atoms with van der Waals surface area (Å²) in [5.74, 6) is 1.87. The van der Waals surface area contributed by atoms with Gasteiger partial charge in [0.1, 0.15) is 0 Å². The van der Waals surface area contributed by atoms with Gasteiger partial charge in [-0.15, -0.1) is 11.6 Å². The largest absolute Gasteiger partial charge is 0.493 e. The number of halogens is 1. The number of rotatable bonds is 7. The van der Waals surface area contributed by atoms with Gasteiger partial charge in [0.15, 0.2) is 11.5 Å². The van der Waals surface area contributed by atoms with Gasteiger partial charge >= 0.3 is 0 Å². The van der Waals surface area contributed by atoms with Crippen LogP contribution in [0.1, 0.15) is 36.6 Å². The van der Waals surface area contributed by atoms with Gasteiger partial charge in [-0.05, 0) is 37.8 Å². The van der Waals surface area contributed by atoms with Crippen LogP contribution in [-0.2, 0) is 4.74 Å². The highest BCUT2D eigenvalue weighted by atomic mass is 35.5. The van der Waals surface area contributed by atoms with Gasteiger partial charge in [-0.1, -0.05) is 0 Å². The third-order valence-corrected chi connectivity index (χ3v) is 4.29. The quantitative estimate of drug-likeness (QED) is 0.714. The van der Waals surface area contributed by atoms with Crippen LogP contribution in [0.15, 0.2) is 12.1 Å². The molecule has 1 fully saturated rings. The van der Waals surface area contributed by atoms with E-state index in [0.717, 1.165) is 37.9 Å². The maximum absolute atomic E-state index is 6.56. The first-order valence-corrected chi connectivity index (χ1v) is 7.69. The van der Waals surface area contributed by atoms with Crippen molar-refractivity contribution in [3.63, 3.8) is 0 Å². The highest BCUT2D eigenvalue weighted by Gasteiger charge is 2.23. The van der Waals surface area contributed by atoms with Gasteiger partial charge in [-0.25, -0.2) is 0 Å². The van der Waals surface area contributed by atoms with Crippen molar-refractivity contribution in [3.8, 4) is 17.2 Å². The predicted octanol–water partition coefficient (Wildman–Crippen LogP) is 3.95. The average Bonchev–Trinajstić information content (AvgIpc) is 3.04. The first-order valence-electron chi connectivity index (χ1n) is 7.25. The molecule has 5 heteroatoms. The summed E-state index contributed by atoms with van der Waals surface area (Å²) >= 11 is 6.56. The molecule has 1 aliphatic heterocycles. The molecule has 1 aliphatic rings. The van der Waals surface area contributed by atoms with E-state index in [1.165, 1.54) is 0 Å². The molecule has 2 atom stereocenters. The summed E-state index contributed by atoms with van der Waals surface area (Å²) in [6, 6.07) is 3.80. The number of alkyl halides is 1. The fraction of sp³-hybridized carbons (Fsp3) is 0.625. The molecule has 2 rings (SSSR count). The van der Waals surface area contributed by atoms with Crippen LogP contribution < -0.4 is 14.2 Å². The zero-order valence-corrected chi connectivity index (χ0v) is 13.6. The second-order valence-electron chi connectivity index (χ2n) is 5.10. The summed E-state index contributed by atoms with van der Waals surface area (Å²) in [5.41, 5.74) is 0.926. The number of hydrogen-bond acceptors (Lipinski definition) is 4. The number of hydrogen-bond donors (Lipinski definition) is 0. The fourth-order valence-electron chi connectivity index (χ4n) is 2.73. The van der Waals surface area contributed by atoms with E-state index in [4.69, 9.17) is 30.5 Å². The normalized spacial score (nSPS) is 19.3. The summed E-state index contributed by atoms with van der Waals surface area (Å²) in [5, 5.41) is -0.135. The number of methoxy groups -OCH3 is 3. The minimum Gasteiger partial charge on any atom is -0.493 e. The Balaban J connectivity index is 2.13. The Labute approximate surface area is 131 Å². The highest BCUT2D eigenvalue weighted by Crippen LogP contribution is 2.44. The van der Waals surface area contributed by atoms with Gasteiger partial charge in [-0.3, -0.25) is 0 Å². The van der Waals surface area contributed by atoms with E-state index in [9.17, 15) is 0 Å². The van der Waals surface area contributed by atoms with E-state index in [0.29, 0.717) is 23.4 Å². The summed E-state index contributed by atoms with van der Waals surface area (Å²) in [7, 11) is 4.82. The minimum absolute atomic E-state index is 0.135. The van der Waals surface area contributed by atoms with Crippen molar-refractivity contribution in [1.29, 1.82) is 0 Å². The summed E-state index contributed by atoms with van der Waals surface area (Å²) in [4.78, 5) is 0. The van der Waals surface area contributed by atoms with Crippen molar-refractivity contribution in [1.82, 2.24) is 0 Å². The molecule has 1 saturated heterocycles. The second-order valence-corrected chi connectivity index (χ2v) is 5.63. The minimum atomic E-state index is -0.135. The summed E-state index contributed by atoms with van der Waals surface area (Å²) in [6.45, 7) is 0.872. The van der Waals surface area contributed by atoms with E-state index < -0.39 is 0 Å². The molecule has 0 aromatic heterocycles. The molecular formula is C16H23ClO4. The van der Waals surface area contributed by atoms with E-state index in [1.807, 2.05) is 12.1 Å². The monoisotopic (exact) mass is 314 g/mol.